The number of anilines is 2. The third-order valence-corrected chi connectivity index (χ3v) is 7.32. The third-order valence-electron chi connectivity index (χ3n) is 5.43. The van der Waals surface area contributed by atoms with Crippen LogP contribution in [0.15, 0.2) is 53.4 Å². The van der Waals surface area contributed by atoms with Gasteiger partial charge in [-0.25, -0.2) is 13.4 Å². The smallest absolute Gasteiger partial charge is 0.243 e. The van der Waals surface area contributed by atoms with E-state index >= 15 is 0 Å². The zero-order valence-electron chi connectivity index (χ0n) is 16.5. The fourth-order valence-electron chi connectivity index (χ4n) is 3.86. The van der Waals surface area contributed by atoms with E-state index in [0.717, 1.165) is 41.6 Å². The topological polar surface area (TPSA) is 80.8 Å². The molecule has 0 aliphatic carbocycles. The normalized spacial score (nSPS) is 17.1. The summed E-state index contributed by atoms with van der Waals surface area (Å²) in [5.41, 5.74) is 1.57. The van der Waals surface area contributed by atoms with Gasteiger partial charge in [0, 0.05) is 30.2 Å². The molecule has 1 fully saturated rings. The monoisotopic (exact) mass is 425 g/mol. The van der Waals surface area contributed by atoms with Gasteiger partial charge in [-0.15, -0.1) is 0 Å². The van der Waals surface area contributed by atoms with Crippen LogP contribution in [0.1, 0.15) is 19.3 Å². The lowest BCUT2D eigenvalue weighted by atomic mass is 10.2. The molecule has 0 amide bonds. The van der Waals surface area contributed by atoms with Crippen LogP contribution in [0, 0.1) is 0 Å². The quantitative estimate of drug-likeness (QED) is 0.682. The molecule has 0 spiro atoms. The summed E-state index contributed by atoms with van der Waals surface area (Å²) in [6.45, 7) is 2.28. The molecule has 1 saturated heterocycles. The molecule has 156 valence electrons. The number of nitrogens with zero attached hydrogens (tertiary/aromatic N) is 2. The van der Waals surface area contributed by atoms with Crippen molar-refractivity contribution in [2.24, 2.45) is 0 Å². The lowest BCUT2D eigenvalue weighted by molar-refractivity contribution is 0.171. The molecule has 2 aliphatic rings. The molecule has 5 rings (SSSR count). The number of hydrogen-bond acceptors (Lipinski definition) is 6. The van der Waals surface area contributed by atoms with Gasteiger partial charge >= 0.3 is 0 Å². The van der Waals surface area contributed by atoms with E-state index < -0.39 is 10.0 Å². The maximum Gasteiger partial charge on any atom is 0.243 e. The minimum absolute atomic E-state index is 0.325. The maximum absolute atomic E-state index is 12.9. The van der Waals surface area contributed by atoms with E-state index in [-0.39, 0.29) is 0 Å². The minimum atomic E-state index is -3.46. The molecule has 30 heavy (non-hydrogen) atoms. The molecule has 7 nitrogen and oxygen atoms in total. The van der Waals surface area contributed by atoms with Gasteiger partial charge in [0.25, 0.3) is 0 Å². The fourth-order valence-corrected chi connectivity index (χ4v) is 5.41. The highest BCUT2D eigenvalue weighted by Gasteiger charge is 2.26. The first-order valence-corrected chi connectivity index (χ1v) is 11.6. The van der Waals surface area contributed by atoms with Gasteiger partial charge in [0.1, 0.15) is 19.0 Å². The Morgan fingerprint density at radius 2 is 1.67 bits per heavy atom. The standard InChI is InChI=1S/C22H23N3O4S/c26-30(27,25-10-2-1-3-11-25)18-6-7-19-16(14-18)4-9-22(24-19)23-17-5-8-20-21(15-17)29-13-12-28-20/h4-9,14-15H,1-3,10-13H2,(H,23,24). The Morgan fingerprint density at radius 3 is 2.50 bits per heavy atom. The molecule has 0 atom stereocenters. The summed E-state index contributed by atoms with van der Waals surface area (Å²) in [5, 5.41) is 4.06. The SMILES string of the molecule is O=S(=O)(c1ccc2nc(Nc3ccc4c(c3)OCCO4)ccc2c1)N1CCCCC1. The van der Waals surface area contributed by atoms with Crippen LogP contribution < -0.4 is 14.8 Å². The molecule has 0 radical (unpaired) electrons. The van der Waals surface area contributed by atoms with Crippen molar-refractivity contribution in [1.82, 2.24) is 9.29 Å². The summed E-state index contributed by atoms with van der Waals surface area (Å²) in [6.07, 6.45) is 2.93. The number of piperidine rings is 1. The van der Waals surface area contributed by atoms with Crippen LogP contribution in [0.25, 0.3) is 10.9 Å². The van der Waals surface area contributed by atoms with E-state index in [1.165, 1.54) is 0 Å². The summed E-state index contributed by atoms with van der Waals surface area (Å²) in [4.78, 5) is 4.95. The van der Waals surface area contributed by atoms with Gasteiger partial charge < -0.3 is 14.8 Å². The molecule has 3 heterocycles. The first-order chi connectivity index (χ1) is 14.6. The first kappa shape index (κ1) is 19.1. The van der Waals surface area contributed by atoms with Gasteiger partial charge in [0.15, 0.2) is 11.5 Å². The van der Waals surface area contributed by atoms with E-state index in [4.69, 9.17) is 9.47 Å². The molecular formula is C22H23N3O4S. The zero-order chi connectivity index (χ0) is 20.6. The number of pyridine rings is 1. The van der Waals surface area contributed by atoms with Crippen molar-refractivity contribution in [1.29, 1.82) is 0 Å². The molecular weight excluding hydrogens is 402 g/mol. The Bertz CT molecular complexity index is 1190. The summed E-state index contributed by atoms with van der Waals surface area (Å²) in [7, 11) is -3.46. The molecule has 0 unspecified atom stereocenters. The van der Waals surface area contributed by atoms with E-state index in [2.05, 4.69) is 10.3 Å². The molecule has 1 N–H and O–H groups in total. The Hall–Kier alpha value is -2.84. The van der Waals surface area contributed by atoms with Gasteiger partial charge in [-0.3, -0.25) is 0 Å². The van der Waals surface area contributed by atoms with Crippen molar-refractivity contribution in [3.05, 3.63) is 48.5 Å². The Balaban J connectivity index is 1.39. The Kier molecular flexibility index (Phi) is 4.96. The first-order valence-electron chi connectivity index (χ1n) is 10.2. The van der Waals surface area contributed by atoms with Gasteiger partial charge in [0.2, 0.25) is 10.0 Å². The van der Waals surface area contributed by atoms with Gasteiger partial charge in [-0.2, -0.15) is 4.31 Å². The highest BCUT2D eigenvalue weighted by Crippen LogP contribution is 2.33. The average Bonchev–Trinajstić information content (AvgIpc) is 2.79. The van der Waals surface area contributed by atoms with E-state index in [9.17, 15) is 8.42 Å². The molecule has 1 aromatic heterocycles. The minimum Gasteiger partial charge on any atom is -0.486 e. The molecule has 2 aliphatic heterocycles. The van der Waals surface area contributed by atoms with Crippen LogP contribution in [-0.4, -0.2) is 44.0 Å². The molecule has 0 saturated carbocycles. The fraction of sp³-hybridized carbons (Fsp3) is 0.318. The van der Waals surface area contributed by atoms with Gasteiger partial charge in [0.05, 0.1) is 10.4 Å². The van der Waals surface area contributed by atoms with Crippen molar-refractivity contribution >= 4 is 32.4 Å². The van der Waals surface area contributed by atoms with Crippen LogP contribution in [-0.2, 0) is 10.0 Å². The highest BCUT2D eigenvalue weighted by molar-refractivity contribution is 7.89. The third kappa shape index (κ3) is 3.68. The Morgan fingerprint density at radius 1 is 0.867 bits per heavy atom. The largest absolute Gasteiger partial charge is 0.486 e. The van der Waals surface area contributed by atoms with Crippen molar-refractivity contribution in [2.45, 2.75) is 24.2 Å². The number of aromatic nitrogens is 1. The van der Waals surface area contributed by atoms with E-state index in [1.54, 1.807) is 22.5 Å². The lowest BCUT2D eigenvalue weighted by Crippen LogP contribution is -2.35. The van der Waals surface area contributed by atoms with Gasteiger partial charge in [-0.05, 0) is 55.3 Å². The number of rotatable bonds is 4. The second-order valence-corrected chi connectivity index (χ2v) is 9.44. The maximum atomic E-state index is 12.9. The predicted octanol–water partition coefficient (Wildman–Crippen LogP) is 3.92. The summed E-state index contributed by atoms with van der Waals surface area (Å²) < 4.78 is 38.6. The van der Waals surface area contributed by atoms with Crippen molar-refractivity contribution in [2.75, 3.05) is 31.6 Å². The summed E-state index contributed by atoms with van der Waals surface area (Å²) in [5.74, 6) is 2.12. The predicted molar refractivity (Wildman–Crippen MR) is 115 cm³/mol. The second kappa shape index (κ2) is 7.77. The van der Waals surface area contributed by atoms with Crippen LogP contribution >= 0.6 is 0 Å². The van der Waals surface area contributed by atoms with Crippen LogP contribution in [0.4, 0.5) is 11.5 Å². The average molecular weight is 426 g/mol. The zero-order valence-corrected chi connectivity index (χ0v) is 17.3. The molecule has 2 aromatic carbocycles. The number of nitrogens with one attached hydrogen (secondary N) is 1. The van der Waals surface area contributed by atoms with Crippen molar-refractivity contribution in [3.8, 4) is 11.5 Å². The number of fused-ring (bicyclic) bond motifs is 2. The van der Waals surface area contributed by atoms with Gasteiger partial charge in [-0.1, -0.05) is 6.42 Å². The van der Waals surface area contributed by atoms with Crippen LogP contribution in [0.2, 0.25) is 0 Å². The van der Waals surface area contributed by atoms with Crippen molar-refractivity contribution in [3.63, 3.8) is 0 Å². The number of ether oxygens (including phenoxy) is 2. The molecule has 3 aromatic rings. The summed E-state index contributed by atoms with van der Waals surface area (Å²) >= 11 is 0. The number of sulfonamides is 1. The Labute approximate surface area is 175 Å². The summed E-state index contributed by atoms with van der Waals surface area (Å²) in [6, 6.07) is 14.5. The number of benzene rings is 2. The lowest BCUT2D eigenvalue weighted by Gasteiger charge is -2.25. The van der Waals surface area contributed by atoms with Crippen molar-refractivity contribution < 1.29 is 17.9 Å². The van der Waals surface area contributed by atoms with E-state index in [1.807, 2.05) is 30.3 Å². The van der Waals surface area contributed by atoms with Crippen LogP contribution in [0.3, 0.4) is 0 Å². The highest BCUT2D eigenvalue weighted by atomic mass is 32.2. The molecule has 8 heteroatoms. The second-order valence-electron chi connectivity index (χ2n) is 7.50. The van der Waals surface area contributed by atoms with Crippen LogP contribution in [0.5, 0.6) is 11.5 Å². The number of hydrogen-bond donors (Lipinski definition) is 1. The van der Waals surface area contributed by atoms with E-state index in [0.29, 0.717) is 42.8 Å². The molecule has 0 bridgehead atoms.